The van der Waals surface area contributed by atoms with Gasteiger partial charge in [0.1, 0.15) is 5.60 Å². The molecule has 1 aromatic rings. The van der Waals surface area contributed by atoms with E-state index in [4.69, 9.17) is 4.74 Å². The number of imidazole rings is 1. The molecule has 0 N–H and O–H groups in total. The predicted molar refractivity (Wildman–Crippen MR) is 77.7 cm³/mol. The highest BCUT2D eigenvalue weighted by Crippen LogP contribution is 2.28. The zero-order valence-electron chi connectivity index (χ0n) is 12.9. The molecule has 20 heavy (non-hydrogen) atoms. The third kappa shape index (κ3) is 3.52. The number of aromatic nitrogens is 2. The standard InChI is InChI=1S/C15H25N3O2/c1-5-17-11-16-10-13(17)12-6-8-18(9-7-12)14(19)20-15(2,3)4/h10-12H,5-9H2,1-4H3. The van der Waals surface area contributed by atoms with Crippen LogP contribution in [0.2, 0.25) is 0 Å². The van der Waals surface area contributed by atoms with Gasteiger partial charge in [0.05, 0.1) is 6.33 Å². The van der Waals surface area contributed by atoms with E-state index in [1.54, 1.807) is 0 Å². The van der Waals surface area contributed by atoms with Crippen molar-refractivity contribution in [1.82, 2.24) is 14.5 Å². The minimum atomic E-state index is -0.422. The first-order chi connectivity index (χ1) is 9.40. The summed E-state index contributed by atoms with van der Waals surface area (Å²) in [4.78, 5) is 18.1. The lowest BCUT2D eigenvalue weighted by Crippen LogP contribution is -2.41. The summed E-state index contributed by atoms with van der Waals surface area (Å²) in [7, 11) is 0. The van der Waals surface area contributed by atoms with Gasteiger partial charge in [-0.2, -0.15) is 0 Å². The van der Waals surface area contributed by atoms with Gasteiger partial charge in [0.25, 0.3) is 0 Å². The summed E-state index contributed by atoms with van der Waals surface area (Å²) >= 11 is 0. The third-order valence-electron chi connectivity index (χ3n) is 3.65. The zero-order valence-corrected chi connectivity index (χ0v) is 12.9. The Bertz CT molecular complexity index is 454. The van der Waals surface area contributed by atoms with Gasteiger partial charge in [-0.25, -0.2) is 9.78 Å². The van der Waals surface area contributed by atoms with Crippen LogP contribution < -0.4 is 0 Å². The number of carbonyl (C=O) groups excluding carboxylic acids is 1. The molecule has 1 amide bonds. The van der Waals surface area contributed by atoms with E-state index in [-0.39, 0.29) is 6.09 Å². The van der Waals surface area contributed by atoms with Crippen LogP contribution in [0, 0.1) is 0 Å². The number of hydrogen-bond acceptors (Lipinski definition) is 3. The Morgan fingerprint density at radius 2 is 2.05 bits per heavy atom. The lowest BCUT2D eigenvalue weighted by atomic mass is 9.94. The molecule has 0 bridgehead atoms. The highest BCUT2D eigenvalue weighted by atomic mass is 16.6. The van der Waals surface area contributed by atoms with E-state index in [1.165, 1.54) is 5.69 Å². The maximum absolute atomic E-state index is 12.0. The second-order valence-corrected chi connectivity index (χ2v) is 6.35. The number of piperidine rings is 1. The first-order valence-electron chi connectivity index (χ1n) is 7.38. The number of amides is 1. The molecule has 5 nitrogen and oxygen atoms in total. The first kappa shape index (κ1) is 14.9. The van der Waals surface area contributed by atoms with Crippen molar-refractivity contribution in [3.8, 4) is 0 Å². The van der Waals surface area contributed by atoms with Crippen LogP contribution in [0.4, 0.5) is 4.79 Å². The largest absolute Gasteiger partial charge is 0.444 e. The van der Waals surface area contributed by atoms with E-state index in [2.05, 4.69) is 16.5 Å². The highest BCUT2D eigenvalue weighted by Gasteiger charge is 2.28. The fourth-order valence-corrected chi connectivity index (χ4v) is 2.62. The van der Waals surface area contributed by atoms with Crippen molar-refractivity contribution >= 4 is 6.09 Å². The normalized spacial score (nSPS) is 17.3. The summed E-state index contributed by atoms with van der Waals surface area (Å²) in [6.07, 6.45) is 5.60. The molecule has 1 aliphatic heterocycles. The maximum atomic E-state index is 12.0. The SMILES string of the molecule is CCn1cncc1C1CCN(C(=O)OC(C)(C)C)CC1. The number of nitrogens with zero attached hydrogens (tertiary/aromatic N) is 3. The van der Waals surface area contributed by atoms with Crippen molar-refractivity contribution in [2.45, 2.75) is 58.6 Å². The summed E-state index contributed by atoms with van der Waals surface area (Å²) in [5.41, 5.74) is 0.866. The molecule has 0 unspecified atom stereocenters. The zero-order chi connectivity index (χ0) is 14.8. The van der Waals surface area contributed by atoms with Gasteiger partial charge in [-0.1, -0.05) is 0 Å². The van der Waals surface area contributed by atoms with Gasteiger partial charge in [-0.15, -0.1) is 0 Å². The Labute approximate surface area is 120 Å². The van der Waals surface area contributed by atoms with E-state index in [0.29, 0.717) is 5.92 Å². The van der Waals surface area contributed by atoms with Crippen molar-refractivity contribution < 1.29 is 9.53 Å². The molecule has 2 heterocycles. The predicted octanol–water partition coefficient (Wildman–Crippen LogP) is 3.02. The van der Waals surface area contributed by atoms with E-state index in [1.807, 2.05) is 38.2 Å². The molecule has 1 aliphatic rings. The Kier molecular flexibility index (Phi) is 4.35. The molecule has 0 aromatic carbocycles. The molecular formula is C15H25N3O2. The number of carbonyl (C=O) groups is 1. The summed E-state index contributed by atoms with van der Waals surface area (Å²) in [6.45, 7) is 10.3. The average Bonchev–Trinajstić information content (AvgIpc) is 2.85. The van der Waals surface area contributed by atoms with Gasteiger partial charge in [0.2, 0.25) is 0 Å². The fraction of sp³-hybridized carbons (Fsp3) is 0.733. The molecule has 1 fully saturated rings. The van der Waals surface area contributed by atoms with Crippen LogP contribution in [0.5, 0.6) is 0 Å². The van der Waals surface area contributed by atoms with Crippen LogP contribution in [0.3, 0.4) is 0 Å². The minimum absolute atomic E-state index is 0.194. The number of likely N-dealkylation sites (tertiary alicyclic amines) is 1. The molecule has 0 radical (unpaired) electrons. The summed E-state index contributed by atoms with van der Waals surface area (Å²) in [6, 6.07) is 0. The summed E-state index contributed by atoms with van der Waals surface area (Å²) < 4.78 is 7.61. The smallest absolute Gasteiger partial charge is 0.410 e. The van der Waals surface area contributed by atoms with Crippen LogP contribution >= 0.6 is 0 Å². The Morgan fingerprint density at radius 3 is 2.60 bits per heavy atom. The van der Waals surface area contributed by atoms with Gasteiger partial charge in [-0.3, -0.25) is 0 Å². The van der Waals surface area contributed by atoms with Gasteiger partial charge < -0.3 is 14.2 Å². The molecular weight excluding hydrogens is 254 g/mol. The van der Waals surface area contributed by atoms with Crippen molar-refractivity contribution in [1.29, 1.82) is 0 Å². The second-order valence-electron chi connectivity index (χ2n) is 6.35. The first-order valence-corrected chi connectivity index (χ1v) is 7.38. The highest BCUT2D eigenvalue weighted by molar-refractivity contribution is 5.68. The summed E-state index contributed by atoms with van der Waals surface area (Å²) in [5.74, 6) is 0.496. The number of ether oxygens (including phenoxy) is 1. The second kappa shape index (κ2) is 5.85. The molecule has 112 valence electrons. The van der Waals surface area contributed by atoms with Crippen LogP contribution in [0.25, 0.3) is 0 Å². The quantitative estimate of drug-likeness (QED) is 0.836. The van der Waals surface area contributed by atoms with Gasteiger partial charge in [0, 0.05) is 37.4 Å². The fourth-order valence-electron chi connectivity index (χ4n) is 2.62. The van der Waals surface area contributed by atoms with Crippen LogP contribution in [-0.2, 0) is 11.3 Å². The van der Waals surface area contributed by atoms with E-state index in [9.17, 15) is 4.79 Å². The van der Waals surface area contributed by atoms with Crippen LogP contribution in [0.1, 0.15) is 52.1 Å². The Hall–Kier alpha value is -1.52. The molecule has 0 saturated carbocycles. The topological polar surface area (TPSA) is 47.4 Å². The van der Waals surface area contributed by atoms with Gasteiger partial charge in [0.15, 0.2) is 0 Å². The molecule has 0 aliphatic carbocycles. The third-order valence-corrected chi connectivity index (χ3v) is 3.65. The van der Waals surface area contributed by atoms with Gasteiger partial charge in [-0.05, 0) is 40.5 Å². The molecule has 1 saturated heterocycles. The lowest BCUT2D eigenvalue weighted by molar-refractivity contribution is 0.0203. The number of hydrogen-bond donors (Lipinski definition) is 0. The summed E-state index contributed by atoms with van der Waals surface area (Å²) in [5, 5.41) is 0. The van der Waals surface area contributed by atoms with Crippen molar-refractivity contribution in [2.75, 3.05) is 13.1 Å². The number of aryl methyl sites for hydroxylation is 1. The number of rotatable bonds is 2. The maximum Gasteiger partial charge on any atom is 0.410 e. The molecule has 5 heteroatoms. The van der Waals surface area contributed by atoms with E-state index in [0.717, 1.165) is 32.5 Å². The van der Waals surface area contributed by atoms with Crippen LogP contribution in [0.15, 0.2) is 12.5 Å². The molecule has 2 rings (SSSR count). The van der Waals surface area contributed by atoms with E-state index < -0.39 is 5.60 Å². The van der Waals surface area contributed by atoms with Crippen molar-refractivity contribution in [3.05, 3.63) is 18.2 Å². The molecule has 1 aromatic heterocycles. The van der Waals surface area contributed by atoms with Crippen LogP contribution in [-0.4, -0.2) is 39.2 Å². The lowest BCUT2D eigenvalue weighted by Gasteiger charge is -2.33. The van der Waals surface area contributed by atoms with Crippen molar-refractivity contribution in [2.24, 2.45) is 0 Å². The van der Waals surface area contributed by atoms with Gasteiger partial charge >= 0.3 is 6.09 Å². The molecule has 0 spiro atoms. The van der Waals surface area contributed by atoms with E-state index >= 15 is 0 Å². The minimum Gasteiger partial charge on any atom is -0.444 e. The average molecular weight is 279 g/mol. The Balaban J connectivity index is 1.91. The monoisotopic (exact) mass is 279 g/mol. The molecule has 0 atom stereocenters. The Morgan fingerprint density at radius 1 is 1.40 bits per heavy atom. The van der Waals surface area contributed by atoms with Crippen molar-refractivity contribution in [3.63, 3.8) is 0 Å².